The molecule has 1 aliphatic heterocycles. The van der Waals surface area contributed by atoms with E-state index in [0.29, 0.717) is 42.1 Å². The van der Waals surface area contributed by atoms with E-state index in [9.17, 15) is 4.79 Å². The summed E-state index contributed by atoms with van der Waals surface area (Å²) < 4.78 is 1.78. The van der Waals surface area contributed by atoms with Crippen molar-refractivity contribution in [3.63, 3.8) is 0 Å². The Morgan fingerprint density at radius 3 is 2.65 bits per heavy atom. The predicted octanol–water partition coefficient (Wildman–Crippen LogP) is 1.17. The fourth-order valence-corrected chi connectivity index (χ4v) is 2.29. The first-order chi connectivity index (χ1) is 10.8. The molecule has 2 rings (SSSR count). The zero-order chi connectivity index (χ0) is 17.2. The molecule has 1 amide bonds. The van der Waals surface area contributed by atoms with Crippen LogP contribution in [0.2, 0.25) is 0 Å². The van der Waals surface area contributed by atoms with Gasteiger partial charge < -0.3 is 5.32 Å². The molecule has 0 atom stereocenters. The van der Waals surface area contributed by atoms with Crippen LogP contribution in [0.4, 0.5) is 11.9 Å². The van der Waals surface area contributed by atoms with Crippen LogP contribution in [0.25, 0.3) is 0 Å². The minimum atomic E-state index is -0.548. The van der Waals surface area contributed by atoms with Crippen LogP contribution in [0, 0.1) is 5.41 Å². The first-order valence-corrected chi connectivity index (χ1v) is 8.06. The lowest BCUT2D eigenvalue weighted by Crippen LogP contribution is -2.53. The molecule has 126 valence electrons. The summed E-state index contributed by atoms with van der Waals surface area (Å²) in [6.45, 7) is 11.1. The van der Waals surface area contributed by atoms with Crippen molar-refractivity contribution in [3.8, 4) is 0 Å². The summed E-state index contributed by atoms with van der Waals surface area (Å²) in [6.07, 6.45) is 0. The topological polar surface area (TPSA) is 87.4 Å². The van der Waals surface area contributed by atoms with Gasteiger partial charge in [0.1, 0.15) is 4.99 Å². The van der Waals surface area contributed by atoms with Gasteiger partial charge in [-0.05, 0) is 13.8 Å². The van der Waals surface area contributed by atoms with E-state index in [2.05, 4.69) is 25.7 Å². The number of carbonyl (C=O) groups excluding carboxylic acids is 1. The first-order valence-electron chi connectivity index (χ1n) is 7.65. The summed E-state index contributed by atoms with van der Waals surface area (Å²) in [6, 6.07) is 0. The van der Waals surface area contributed by atoms with Gasteiger partial charge in [-0.25, -0.2) is 5.01 Å². The summed E-state index contributed by atoms with van der Waals surface area (Å²) in [7, 11) is 0. The fourth-order valence-electron chi connectivity index (χ4n) is 2.03. The summed E-state index contributed by atoms with van der Waals surface area (Å²) in [5.74, 6) is 0.857. The predicted molar refractivity (Wildman–Crippen MR) is 92.8 cm³/mol. The molecule has 2 N–H and O–H groups in total. The normalized spacial score (nSPS) is 15.3. The molecule has 1 aromatic rings. The average Bonchev–Trinajstić information content (AvgIpc) is 2.46. The Hall–Kier alpha value is -2.03. The molecule has 0 radical (unpaired) electrons. The Morgan fingerprint density at radius 2 is 2.09 bits per heavy atom. The monoisotopic (exact) mass is 337 g/mol. The zero-order valence-corrected chi connectivity index (χ0v) is 15.0. The highest BCUT2D eigenvalue weighted by molar-refractivity contribution is 7.80. The van der Waals surface area contributed by atoms with E-state index in [4.69, 9.17) is 12.2 Å². The van der Waals surface area contributed by atoms with Gasteiger partial charge in [0.25, 0.3) is 5.91 Å². The number of carbonyl (C=O) groups is 1. The molecule has 0 spiro atoms. The van der Waals surface area contributed by atoms with Crippen LogP contribution in [0.15, 0.2) is 4.99 Å². The minimum Gasteiger partial charge on any atom is -0.354 e. The van der Waals surface area contributed by atoms with Crippen molar-refractivity contribution >= 4 is 35.0 Å². The van der Waals surface area contributed by atoms with E-state index < -0.39 is 5.41 Å². The number of aromatic nitrogens is 3. The number of anilines is 2. The van der Waals surface area contributed by atoms with Crippen molar-refractivity contribution in [3.05, 3.63) is 5.62 Å². The fraction of sp³-hybridized carbons (Fsp3) is 0.643. The molecule has 0 saturated carbocycles. The summed E-state index contributed by atoms with van der Waals surface area (Å²) >= 11 is 5.39. The molecule has 0 unspecified atom stereocenters. The molecule has 9 heteroatoms. The van der Waals surface area contributed by atoms with Crippen LogP contribution in [0.3, 0.4) is 0 Å². The van der Waals surface area contributed by atoms with Gasteiger partial charge in [0.2, 0.25) is 17.5 Å². The van der Waals surface area contributed by atoms with E-state index in [1.165, 1.54) is 5.01 Å². The molecule has 0 bridgehead atoms. The summed E-state index contributed by atoms with van der Waals surface area (Å²) in [5.41, 5.74) is 2.99. The Labute approximate surface area is 141 Å². The number of fused-ring (bicyclic) bond motifs is 1. The van der Waals surface area contributed by atoms with Crippen LogP contribution in [-0.4, -0.2) is 43.5 Å². The lowest BCUT2D eigenvalue weighted by Gasteiger charge is -2.34. The van der Waals surface area contributed by atoms with Crippen molar-refractivity contribution in [2.75, 3.05) is 23.8 Å². The van der Waals surface area contributed by atoms with E-state index in [0.717, 1.165) is 0 Å². The highest BCUT2D eigenvalue weighted by Crippen LogP contribution is 2.21. The van der Waals surface area contributed by atoms with Crippen LogP contribution in [-0.2, 0) is 11.3 Å². The summed E-state index contributed by atoms with van der Waals surface area (Å²) in [4.78, 5) is 26.2. The molecule has 0 aromatic carbocycles. The third-order valence-corrected chi connectivity index (χ3v) is 3.46. The first kappa shape index (κ1) is 17.3. The van der Waals surface area contributed by atoms with Gasteiger partial charge in [0, 0.05) is 18.5 Å². The van der Waals surface area contributed by atoms with Crippen LogP contribution in [0.1, 0.15) is 34.6 Å². The van der Waals surface area contributed by atoms with Gasteiger partial charge in [-0.15, -0.1) is 0 Å². The molecule has 8 nitrogen and oxygen atoms in total. The number of hydrogen-bond donors (Lipinski definition) is 2. The maximum absolute atomic E-state index is 12.5. The standard InChI is InChI=1S/C14H23N7OS/c1-6-15-11-17-12(16-7-2)20-8-9(23)21(19-13(20)18-11)10(22)14(3,4)5/h6-8H2,1-5H3,(H2,15,16,17,18,19). The number of rotatable bonds is 3. The molecule has 1 aliphatic rings. The highest BCUT2D eigenvalue weighted by atomic mass is 32.1. The SMILES string of the molecule is CCN=c1nc(NCC)nc2n1CC(=S)N(C(=O)C(C)(C)C)N2. The van der Waals surface area contributed by atoms with Gasteiger partial charge in [-0.3, -0.25) is 19.8 Å². The van der Waals surface area contributed by atoms with Crippen molar-refractivity contribution in [2.24, 2.45) is 10.4 Å². The van der Waals surface area contributed by atoms with Crippen molar-refractivity contribution < 1.29 is 4.79 Å². The minimum absolute atomic E-state index is 0.105. The Bertz CT molecular complexity index is 689. The van der Waals surface area contributed by atoms with Crippen molar-refractivity contribution in [2.45, 2.75) is 41.2 Å². The quantitative estimate of drug-likeness (QED) is 0.805. The molecule has 0 fully saturated rings. The summed E-state index contributed by atoms with van der Waals surface area (Å²) in [5, 5.41) is 4.46. The van der Waals surface area contributed by atoms with Crippen LogP contribution in [0.5, 0.6) is 0 Å². The highest BCUT2D eigenvalue weighted by Gasteiger charge is 2.33. The number of nitrogens with zero attached hydrogens (tertiary/aromatic N) is 5. The number of hydrazine groups is 1. The number of nitrogens with one attached hydrogen (secondary N) is 2. The second kappa shape index (κ2) is 6.61. The second-order valence-corrected chi connectivity index (χ2v) is 6.63. The van der Waals surface area contributed by atoms with Crippen LogP contribution >= 0.6 is 12.2 Å². The van der Waals surface area contributed by atoms with Crippen molar-refractivity contribution in [1.82, 2.24) is 19.5 Å². The maximum atomic E-state index is 12.5. The largest absolute Gasteiger partial charge is 0.354 e. The molecule has 0 aliphatic carbocycles. The van der Waals surface area contributed by atoms with E-state index in [-0.39, 0.29) is 5.91 Å². The van der Waals surface area contributed by atoms with Crippen LogP contribution < -0.4 is 16.4 Å². The van der Waals surface area contributed by atoms with E-state index in [1.807, 2.05) is 34.6 Å². The van der Waals surface area contributed by atoms with E-state index in [1.54, 1.807) is 4.57 Å². The Kier molecular flexibility index (Phi) is 4.98. The van der Waals surface area contributed by atoms with E-state index >= 15 is 0 Å². The molecule has 0 saturated heterocycles. The Balaban J connectivity index is 2.48. The van der Waals surface area contributed by atoms with Crippen molar-refractivity contribution in [1.29, 1.82) is 0 Å². The number of thiocarbonyl (C=S) groups is 1. The van der Waals surface area contributed by atoms with Gasteiger partial charge in [-0.1, -0.05) is 33.0 Å². The third-order valence-electron chi connectivity index (χ3n) is 3.15. The van der Waals surface area contributed by atoms with Gasteiger partial charge >= 0.3 is 0 Å². The number of hydrogen-bond acceptors (Lipinski definition) is 7. The van der Waals surface area contributed by atoms with Gasteiger partial charge in [0.05, 0.1) is 6.54 Å². The third kappa shape index (κ3) is 3.66. The van der Waals surface area contributed by atoms with Gasteiger partial charge in [-0.2, -0.15) is 9.97 Å². The molecule has 1 aromatic heterocycles. The lowest BCUT2D eigenvalue weighted by molar-refractivity contribution is -0.134. The molecular weight excluding hydrogens is 314 g/mol. The molecular formula is C14H23N7OS. The Morgan fingerprint density at radius 1 is 1.39 bits per heavy atom. The number of amides is 1. The second-order valence-electron chi connectivity index (χ2n) is 6.16. The zero-order valence-electron chi connectivity index (χ0n) is 14.2. The molecule has 2 heterocycles. The van der Waals surface area contributed by atoms with Gasteiger partial charge in [0.15, 0.2) is 0 Å². The molecule has 23 heavy (non-hydrogen) atoms. The maximum Gasteiger partial charge on any atom is 0.251 e. The lowest BCUT2D eigenvalue weighted by atomic mass is 9.95. The average molecular weight is 337 g/mol. The smallest absolute Gasteiger partial charge is 0.251 e.